The highest BCUT2D eigenvalue weighted by molar-refractivity contribution is 5.17. The van der Waals surface area contributed by atoms with Gasteiger partial charge in [-0.2, -0.15) is 0 Å². The second-order valence-electron chi connectivity index (χ2n) is 6.29. The van der Waals surface area contributed by atoms with Gasteiger partial charge in [0.2, 0.25) is 0 Å². The first-order valence-corrected chi connectivity index (χ1v) is 6.98. The van der Waals surface area contributed by atoms with Gasteiger partial charge in [0, 0.05) is 37.1 Å². The molecule has 1 aromatic heterocycles. The molecule has 0 aliphatic carbocycles. The standard InChI is InChI=1S/C15H23N3/c1-11(12-5-4-6-16-7-12)18-10-13-8-17-9-14(13)15(18,2)3/h4-7,11,13-14,17H,8-10H2,1-3H3. The van der Waals surface area contributed by atoms with Crippen LogP contribution < -0.4 is 5.32 Å². The third kappa shape index (κ3) is 1.77. The van der Waals surface area contributed by atoms with E-state index in [9.17, 15) is 0 Å². The normalized spacial score (nSPS) is 32.4. The molecule has 3 heterocycles. The Morgan fingerprint density at radius 3 is 2.94 bits per heavy atom. The number of hydrogen-bond donors (Lipinski definition) is 1. The van der Waals surface area contributed by atoms with Crippen LogP contribution in [0.3, 0.4) is 0 Å². The van der Waals surface area contributed by atoms with Gasteiger partial charge in [0.25, 0.3) is 0 Å². The van der Waals surface area contributed by atoms with Crippen LogP contribution in [0.2, 0.25) is 0 Å². The summed E-state index contributed by atoms with van der Waals surface area (Å²) in [7, 11) is 0. The minimum absolute atomic E-state index is 0.281. The van der Waals surface area contributed by atoms with Gasteiger partial charge in [0.05, 0.1) is 0 Å². The Bertz CT molecular complexity index is 415. The zero-order valence-electron chi connectivity index (χ0n) is 11.6. The fourth-order valence-corrected chi connectivity index (χ4v) is 3.91. The van der Waals surface area contributed by atoms with Gasteiger partial charge in [-0.15, -0.1) is 0 Å². The molecule has 0 spiro atoms. The van der Waals surface area contributed by atoms with Crippen LogP contribution in [0.1, 0.15) is 32.4 Å². The first-order valence-electron chi connectivity index (χ1n) is 6.98. The molecule has 3 atom stereocenters. The van der Waals surface area contributed by atoms with Crippen LogP contribution in [0, 0.1) is 11.8 Å². The molecular weight excluding hydrogens is 222 g/mol. The molecule has 0 amide bonds. The summed E-state index contributed by atoms with van der Waals surface area (Å²) in [4.78, 5) is 6.92. The number of nitrogens with zero attached hydrogens (tertiary/aromatic N) is 2. The number of rotatable bonds is 2. The van der Waals surface area contributed by atoms with Crippen molar-refractivity contribution in [1.82, 2.24) is 15.2 Å². The number of hydrogen-bond acceptors (Lipinski definition) is 3. The Labute approximate surface area is 110 Å². The minimum Gasteiger partial charge on any atom is -0.316 e. The molecule has 3 rings (SSSR count). The van der Waals surface area contributed by atoms with E-state index in [4.69, 9.17) is 0 Å². The zero-order valence-corrected chi connectivity index (χ0v) is 11.6. The van der Waals surface area contributed by atoms with E-state index < -0.39 is 0 Å². The number of fused-ring (bicyclic) bond motifs is 1. The number of likely N-dealkylation sites (tertiary alicyclic amines) is 1. The molecule has 2 aliphatic rings. The first kappa shape index (κ1) is 12.1. The molecule has 0 radical (unpaired) electrons. The summed E-state index contributed by atoms with van der Waals surface area (Å²) in [6.45, 7) is 10.7. The fraction of sp³-hybridized carbons (Fsp3) is 0.667. The fourth-order valence-electron chi connectivity index (χ4n) is 3.91. The van der Waals surface area contributed by atoms with Gasteiger partial charge in [-0.3, -0.25) is 9.88 Å². The van der Waals surface area contributed by atoms with E-state index in [0.29, 0.717) is 6.04 Å². The van der Waals surface area contributed by atoms with E-state index in [1.165, 1.54) is 25.2 Å². The van der Waals surface area contributed by atoms with E-state index in [0.717, 1.165) is 11.8 Å². The number of aromatic nitrogens is 1. The minimum atomic E-state index is 0.281. The van der Waals surface area contributed by atoms with E-state index in [2.05, 4.69) is 42.0 Å². The van der Waals surface area contributed by atoms with Crippen molar-refractivity contribution >= 4 is 0 Å². The Morgan fingerprint density at radius 2 is 2.28 bits per heavy atom. The number of nitrogens with one attached hydrogen (secondary N) is 1. The predicted octanol–water partition coefficient (Wildman–Crippen LogP) is 2.07. The van der Waals surface area contributed by atoms with Gasteiger partial charge >= 0.3 is 0 Å². The van der Waals surface area contributed by atoms with Gasteiger partial charge in [-0.1, -0.05) is 6.07 Å². The second-order valence-corrected chi connectivity index (χ2v) is 6.29. The van der Waals surface area contributed by atoms with Gasteiger partial charge < -0.3 is 5.32 Å². The van der Waals surface area contributed by atoms with Crippen molar-refractivity contribution in [2.75, 3.05) is 19.6 Å². The van der Waals surface area contributed by atoms with Crippen LogP contribution in [0.5, 0.6) is 0 Å². The molecule has 3 unspecified atom stereocenters. The molecule has 0 bridgehead atoms. The maximum Gasteiger partial charge on any atom is 0.0340 e. The van der Waals surface area contributed by atoms with Gasteiger partial charge in [0.1, 0.15) is 0 Å². The maximum absolute atomic E-state index is 4.26. The molecule has 2 fully saturated rings. The Kier molecular flexibility index (Phi) is 2.91. The lowest BCUT2D eigenvalue weighted by Gasteiger charge is -2.39. The molecular formula is C15H23N3. The summed E-state index contributed by atoms with van der Waals surface area (Å²) in [5.41, 5.74) is 1.61. The van der Waals surface area contributed by atoms with Crippen molar-refractivity contribution in [2.45, 2.75) is 32.4 Å². The Morgan fingerprint density at radius 1 is 1.44 bits per heavy atom. The molecule has 0 saturated carbocycles. The van der Waals surface area contributed by atoms with E-state index in [1.807, 2.05) is 18.5 Å². The van der Waals surface area contributed by atoms with Crippen LogP contribution >= 0.6 is 0 Å². The van der Waals surface area contributed by atoms with Crippen LogP contribution in [-0.4, -0.2) is 35.1 Å². The summed E-state index contributed by atoms with van der Waals surface area (Å²) in [6, 6.07) is 4.69. The summed E-state index contributed by atoms with van der Waals surface area (Å²) in [6.07, 6.45) is 3.86. The smallest absolute Gasteiger partial charge is 0.0340 e. The van der Waals surface area contributed by atoms with Gasteiger partial charge in [0.15, 0.2) is 0 Å². The van der Waals surface area contributed by atoms with E-state index in [1.54, 1.807) is 0 Å². The molecule has 98 valence electrons. The predicted molar refractivity (Wildman–Crippen MR) is 73.3 cm³/mol. The topological polar surface area (TPSA) is 28.2 Å². The van der Waals surface area contributed by atoms with Gasteiger partial charge in [-0.05, 0) is 50.8 Å². The van der Waals surface area contributed by atoms with Crippen molar-refractivity contribution in [3.63, 3.8) is 0 Å². The lowest BCUT2D eigenvalue weighted by atomic mass is 9.84. The van der Waals surface area contributed by atoms with Crippen LogP contribution in [0.15, 0.2) is 24.5 Å². The lowest BCUT2D eigenvalue weighted by Crippen LogP contribution is -2.45. The first-order chi connectivity index (χ1) is 8.60. The lowest BCUT2D eigenvalue weighted by molar-refractivity contribution is 0.0969. The maximum atomic E-state index is 4.26. The average Bonchev–Trinajstić information content (AvgIpc) is 2.92. The number of pyridine rings is 1. The third-order valence-corrected chi connectivity index (χ3v) is 5.05. The molecule has 18 heavy (non-hydrogen) atoms. The summed E-state index contributed by atoms with van der Waals surface area (Å²) >= 11 is 0. The van der Waals surface area contributed by atoms with Crippen LogP contribution in [0.4, 0.5) is 0 Å². The van der Waals surface area contributed by atoms with E-state index >= 15 is 0 Å². The van der Waals surface area contributed by atoms with Crippen molar-refractivity contribution in [3.8, 4) is 0 Å². The van der Waals surface area contributed by atoms with Crippen LogP contribution in [0.25, 0.3) is 0 Å². The zero-order chi connectivity index (χ0) is 12.8. The highest BCUT2D eigenvalue weighted by Crippen LogP contribution is 2.44. The summed E-state index contributed by atoms with van der Waals surface area (Å²) in [5.74, 6) is 1.61. The molecule has 3 heteroatoms. The Balaban J connectivity index is 1.85. The monoisotopic (exact) mass is 245 g/mol. The van der Waals surface area contributed by atoms with Crippen molar-refractivity contribution in [3.05, 3.63) is 30.1 Å². The summed E-state index contributed by atoms with van der Waals surface area (Å²) < 4.78 is 0. The highest BCUT2D eigenvalue weighted by atomic mass is 15.3. The molecule has 1 N–H and O–H groups in total. The SMILES string of the molecule is CC(c1cccnc1)N1CC2CNCC2C1(C)C. The molecule has 1 aromatic rings. The van der Waals surface area contributed by atoms with Crippen molar-refractivity contribution < 1.29 is 0 Å². The third-order valence-electron chi connectivity index (χ3n) is 5.05. The molecule has 0 aromatic carbocycles. The van der Waals surface area contributed by atoms with Crippen molar-refractivity contribution in [2.24, 2.45) is 11.8 Å². The molecule has 3 nitrogen and oxygen atoms in total. The van der Waals surface area contributed by atoms with Gasteiger partial charge in [-0.25, -0.2) is 0 Å². The quantitative estimate of drug-likeness (QED) is 0.864. The van der Waals surface area contributed by atoms with Crippen LogP contribution in [-0.2, 0) is 0 Å². The Hall–Kier alpha value is -0.930. The molecule has 2 saturated heterocycles. The highest BCUT2D eigenvalue weighted by Gasteiger charge is 2.50. The van der Waals surface area contributed by atoms with Crippen molar-refractivity contribution in [1.29, 1.82) is 0 Å². The average molecular weight is 245 g/mol. The second kappa shape index (κ2) is 4.32. The largest absolute Gasteiger partial charge is 0.316 e. The van der Waals surface area contributed by atoms with E-state index in [-0.39, 0.29) is 5.54 Å². The molecule has 2 aliphatic heterocycles. The summed E-state index contributed by atoms with van der Waals surface area (Å²) in [5, 5.41) is 3.54.